The molecule has 21 heavy (non-hydrogen) atoms. The number of methoxy groups -OCH3 is 2. The fraction of sp³-hybridized carbons (Fsp3) is 0.333. The molecule has 3 heteroatoms. The van der Waals surface area contributed by atoms with Crippen LogP contribution in [0.2, 0.25) is 0 Å². The van der Waals surface area contributed by atoms with Crippen molar-refractivity contribution in [1.82, 2.24) is 0 Å². The summed E-state index contributed by atoms with van der Waals surface area (Å²) in [6, 6.07) is 13.4. The van der Waals surface area contributed by atoms with Crippen LogP contribution in [0.1, 0.15) is 35.6 Å². The van der Waals surface area contributed by atoms with Gasteiger partial charge in [0.1, 0.15) is 0 Å². The number of anilines is 1. The van der Waals surface area contributed by atoms with E-state index in [-0.39, 0.29) is 0 Å². The largest absolute Gasteiger partial charge is 0.493 e. The second kappa shape index (κ2) is 4.42. The van der Waals surface area contributed by atoms with Gasteiger partial charge in [-0.05, 0) is 34.9 Å². The number of rotatable bonds is 2. The van der Waals surface area contributed by atoms with Crippen LogP contribution in [0.25, 0.3) is 0 Å². The van der Waals surface area contributed by atoms with Gasteiger partial charge in [0.15, 0.2) is 11.5 Å². The second-order valence-corrected chi connectivity index (χ2v) is 5.83. The first-order chi connectivity index (χ1) is 10.2. The highest BCUT2D eigenvalue weighted by atomic mass is 16.5. The zero-order chi connectivity index (χ0) is 14.6. The lowest BCUT2D eigenvalue weighted by Crippen LogP contribution is -2.17. The average molecular weight is 281 g/mol. The summed E-state index contributed by atoms with van der Waals surface area (Å²) in [5.74, 6) is 2.14. The number of ether oxygens (including phenoxy) is 2. The number of hydrogen-bond acceptors (Lipinski definition) is 3. The lowest BCUT2D eigenvalue weighted by atomic mass is 9.91. The van der Waals surface area contributed by atoms with Crippen LogP contribution in [0.4, 0.5) is 5.69 Å². The molecular formula is C18H19NO2. The number of hydrogen-bond donors (Lipinski definition) is 0. The lowest BCUT2D eigenvalue weighted by Gasteiger charge is -2.21. The van der Waals surface area contributed by atoms with Gasteiger partial charge in [0.05, 0.1) is 20.3 Å². The van der Waals surface area contributed by atoms with Crippen molar-refractivity contribution in [2.45, 2.75) is 25.4 Å². The van der Waals surface area contributed by atoms with Gasteiger partial charge in [0, 0.05) is 18.2 Å². The first kappa shape index (κ1) is 12.6. The molecule has 0 spiro atoms. The minimum atomic E-state index is 0.414. The predicted molar refractivity (Wildman–Crippen MR) is 83.3 cm³/mol. The van der Waals surface area contributed by atoms with Crippen molar-refractivity contribution in [2.75, 3.05) is 19.1 Å². The summed E-state index contributed by atoms with van der Waals surface area (Å²) in [5, 5.41) is 0. The summed E-state index contributed by atoms with van der Waals surface area (Å²) in [4.78, 5) is 2.50. The van der Waals surface area contributed by atoms with Crippen LogP contribution in [0.5, 0.6) is 11.5 Å². The molecule has 0 aromatic heterocycles. The zero-order valence-corrected chi connectivity index (χ0v) is 12.6. The van der Waals surface area contributed by atoms with Gasteiger partial charge in [-0.3, -0.25) is 0 Å². The monoisotopic (exact) mass is 281 g/mol. The SMILES string of the molecule is COc1cc2c(cc1OC)[C@H]1C(C)c3ccccc3N1C2. The van der Waals surface area contributed by atoms with E-state index in [0.29, 0.717) is 12.0 Å². The van der Waals surface area contributed by atoms with E-state index in [1.54, 1.807) is 14.2 Å². The summed E-state index contributed by atoms with van der Waals surface area (Å²) in [6.07, 6.45) is 0. The van der Waals surface area contributed by atoms with Gasteiger partial charge in [0.2, 0.25) is 0 Å². The van der Waals surface area contributed by atoms with Gasteiger partial charge in [-0.1, -0.05) is 25.1 Å². The third-order valence-electron chi connectivity index (χ3n) is 4.85. The first-order valence-electron chi connectivity index (χ1n) is 7.35. The Labute approximate surface area is 125 Å². The standard InChI is InChI=1S/C18H19NO2/c1-11-13-6-4-5-7-15(13)19-10-12-8-16(20-2)17(21-3)9-14(12)18(11)19/h4-9,11,18H,10H2,1-3H3/t11?,18-/m1/s1. The normalized spacial score (nSPS) is 21.8. The molecule has 2 aliphatic heterocycles. The van der Waals surface area contributed by atoms with Gasteiger partial charge in [-0.25, -0.2) is 0 Å². The van der Waals surface area contributed by atoms with E-state index in [1.165, 1.54) is 22.4 Å². The Kier molecular flexibility index (Phi) is 2.64. The van der Waals surface area contributed by atoms with Crippen LogP contribution >= 0.6 is 0 Å². The van der Waals surface area contributed by atoms with Crippen molar-refractivity contribution < 1.29 is 9.47 Å². The number of benzene rings is 2. The van der Waals surface area contributed by atoms with Gasteiger partial charge in [-0.15, -0.1) is 0 Å². The third-order valence-corrected chi connectivity index (χ3v) is 4.85. The Morgan fingerprint density at radius 1 is 1.00 bits per heavy atom. The summed E-state index contributed by atoms with van der Waals surface area (Å²) < 4.78 is 10.9. The van der Waals surface area contributed by atoms with Crippen molar-refractivity contribution in [2.24, 2.45) is 0 Å². The van der Waals surface area contributed by atoms with Gasteiger partial charge in [0.25, 0.3) is 0 Å². The molecule has 0 saturated heterocycles. The van der Waals surface area contributed by atoms with Crippen LogP contribution in [-0.4, -0.2) is 14.2 Å². The van der Waals surface area contributed by atoms with Crippen molar-refractivity contribution >= 4 is 5.69 Å². The fourth-order valence-corrected chi connectivity index (χ4v) is 3.88. The topological polar surface area (TPSA) is 21.7 Å². The molecular weight excluding hydrogens is 262 g/mol. The van der Waals surface area contributed by atoms with E-state index in [1.807, 2.05) is 0 Å². The molecule has 2 aromatic rings. The molecule has 1 unspecified atom stereocenters. The van der Waals surface area contributed by atoms with Crippen LogP contribution in [0.3, 0.4) is 0 Å². The molecule has 2 heterocycles. The molecule has 108 valence electrons. The molecule has 2 aliphatic rings. The average Bonchev–Trinajstić information content (AvgIpc) is 3.02. The first-order valence-corrected chi connectivity index (χ1v) is 7.35. The summed E-state index contributed by atoms with van der Waals surface area (Å²) >= 11 is 0. The Morgan fingerprint density at radius 3 is 2.48 bits per heavy atom. The Morgan fingerprint density at radius 2 is 1.71 bits per heavy atom. The van der Waals surface area contributed by atoms with Gasteiger partial charge < -0.3 is 14.4 Å². The van der Waals surface area contributed by atoms with Crippen LogP contribution in [0.15, 0.2) is 36.4 Å². The summed E-state index contributed by atoms with van der Waals surface area (Å²) in [5.41, 5.74) is 5.53. The van der Waals surface area contributed by atoms with Gasteiger partial charge >= 0.3 is 0 Å². The molecule has 4 rings (SSSR count). The maximum atomic E-state index is 5.48. The minimum Gasteiger partial charge on any atom is -0.493 e. The molecule has 0 amide bonds. The molecule has 0 saturated carbocycles. The quantitative estimate of drug-likeness (QED) is 0.833. The predicted octanol–water partition coefficient (Wildman–Crippen LogP) is 3.88. The minimum absolute atomic E-state index is 0.414. The van der Waals surface area contributed by atoms with Crippen molar-refractivity contribution in [3.05, 3.63) is 53.1 Å². The molecule has 2 atom stereocenters. The van der Waals surface area contributed by atoms with E-state index in [2.05, 4.69) is 48.2 Å². The molecule has 0 bridgehead atoms. The molecule has 3 nitrogen and oxygen atoms in total. The summed E-state index contributed by atoms with van der Waals surface area (Å²) in [7, 11) is 3.39. The summed E-state index contributed by atoms with van der Waals surface area (Å²) in [6.45, 7) is 3.26. The smallest absolute Gasteiger partial charge is 0.161 e. The zero-order valence-electron chi connectivity index (χ0n) is 12.6. The molecule has 2 aromatic carbocycles. The van der Waals surface area contributed by atoms with E-state index in [0.717, 1.165) is 18.0 Å². The Balaban J connectivity index is 1.85. The van der Waals surface area contributed by atoms with Crippen molar-refractivity contribution in [3.63, 3.8) is 0 Å². The number of fused-ring (bicyclic) bond motifs is 5. The van der Waals surface area contributed by atoms with Crippen LogP contribution in [-0.2, 0) is 6.54 Å². The fourth-order valence-electron chi connectivity index (χ4n) is 3.88. The van der Waals surface area contributed by atoms with Crippen LogP contribution < -0.4 is 14.4 Å². The maximum absolute atomic E-state index is 5.48. The highest BCUT2D eigenvalue weighted by Crippen LogP contribution is 2.54. The van der Waals surface area contributed by atoms with Crippen LogP contribution in [0, 0.1) is 0 Å². The van der Waals surface area contributed by atoms with E-state index in [9.17, 15) is 0 Å². The van der Waals surface area contributed by atoms with Crippen molar-refractivity contribution in [1.29, 1.82) is 0 Å². The highest BCUT2D eigenvalue weighted by molar-refractivity contribution is 5.68. The second-order valence-electron chi connectivity index (χ2n) is 5.83. The third kappa shape index (κ3) is 1.60. The number of nitrogens with zero attached hydrogens (tertiary/aromatic N) is 1. The lowest BCUT2D eigenvalue weighted by molar-refractivity contribution is 0.354. The van der Waals surface area contributed by atoms with Gasteiger partial charge in [-0.2, -0.15) is 0 Å². The molecule has 0 fully saturated rings. The van der Waals surface area contributed by atoms with E-state index in [4.69, 9.17) is 9.47 Å². The molecule has 0 radical (unpaired) electrons. The van der Waals surface area contributed by atoms with Crippen molar-refractivity contribution in [3.8, 4) is 11.5 Å². The maximum Gasteiger partial charge on any atom is 0.161 e. The Hall–Kier alpha value is -2.16. The number of para-hydroxylation sites is 1. The Bertz CT molecular complexity index is 710. The van der Waals surface area contributed by atoms with E-state index < -0.39 is 0 Å². The highest BCUT2D eigenvalue weighted by Gasteiger charge is 2.42. The molecule has 0 aliphatic carbocycles. The van der Waals surface area contributed by atoms with E-state index >= 15 is 0 Å². The molecule has 0 N–H and O–H groups in total.